The molecule has 0 aromatic heterocycles. The summed E-state index contributed by atoms with van der Waals surface area (Å²) in [5.41, 5.74) is 6.42. The summed E-state index contributed by atoms with van der Waals surface area (Å²) in [6.07, 6.45) is 0.821. The van der Waals surface area contributed by atoms with Gasteiger partial charge in [0.2, 0.25) is 0 Å². The highest BCUT2D eigenvalue weighted by atomic mass is 79.9. The van der Waals surface area contributed by atoms with E-state index < -0.39 is 0 Å². The number of benzene rings is 1. The van der Waals surface area contributed by atoms with Gasteiger partial charge < -0.3 is 15.8 Å². The van der Waals surface area contributed by atoms with Crippen LogP contribution in [0, 0.1) is 5.82 Å². The highest BCUT2D eigenvalue weighted by Crippen LogP contribution is 2.27. The second-order valence-electron chi connectivity index (χ2n) is 3.63. The van der Waals surface area contributed by atoms with Gasteiger partial charge >= 0.3 is 0 Å². The Morgan fingerprint density at radius 1 is 1.56 bits per heavy atom. The molecule has 0 unspecified atom stereocenters. The molecule has 0 heterocycles. The van der Waals surface area contributed by atoms with E-state index in [0.717, 1.165) is 6.42 Å². The Morgan fingerprint density at radius 2 is 2.28 bits per heavy atom. The molecule has 1 aromatic rings. The first-order valence-corrected chi connectivity index (χ1v) is 6.87. The summed E-state index contributed by atoms with van der Waals surface area (Å²) in [6.45, 7) is 3.95. The van der Waals surface area contributed by atoms with Gasteiger partial charge in [0.25, 0.3) is 0 Å². The van der Waals surface area contributed by atoms with E-state index in [4.69, 9.17) is 22.7 Å². The number of halogens is 2. The van der Waals surface area contributed by atoms with Crippen molar-refractivity contribution in [1.82, 2.24) is 0 Å². The Labute approximate surface area is 120 Å². The van der Waals surface area contributed by atoms with E-state index in [1.165, 1.54) is 0 Å². The Balaban J connectivity index is 2.62. The van der Waals surface area contributed by atoms with E-state index in [1.54, 1.807) is 12.1 Å². The molecule has 18 heavy (non-hydrogen) atoms. The van der Waals surface area contributed by atoms with E-state index in [-0.39, 0.29) is 10.8 Å². The van der Waals surface area contributed by atoms with Crippen LogP contribution in [0.1, 0.15) is 18.9 Å². The second-order valence-corrected chi connectivity index (χ2v) is 4.86. The molecule has 1 aromatic carbocycles. The average Bonchev–Trinajstić information content (AvgIpc) is 2.33. The summed E-state index contributed by atoms with van der Waals surface area (Å²) in [5, 5.41) is 3.01. The van der Waals surface area contributed by atoms with Crippen LogP contribution in [0.2, 0.25) is 0 Å². The molecule has 6 heteroatoms. The number of anilines is 1. The van der Waals surface area contributed by atoms with Crippen molar-refractivity contribution in [2.45, 2.75) is 13.3 Å². The molecule has 0 atom stereocenters. The number of hydrogen-bond donors (Lipinski definition) is 2. The summed E-state index contributed by atoms with van der Waals surface area (Å²) in [4.78, 5) is 0.170. The molecule has 0 aliphatic heterocycles. The molecular weight excluding hydrogens is 319 g/mol. The van der Waals surface area contributed by atoms with E-state index in [1.807, 2.05) is 6.92 Å². The van der Waals surface area contributed by atoms with Gasteiger partial charge in [-0.05, 0) is 41.4 Å². The summed E-state index contributed by atoms with van der Waals surface area (Å²) in [6, 6.07) is 3.33. The molecule has 0 aliphatic rings. The fourth-order valence-electron chi connectivity index (χ4n) is 1.42. The SMILES string of the molecule is CCOCCCNc1ccc(C(N)=S)c(Br)c1F. The van der Waals surface area contributed by atoms with Crippen LogP contribution in [0.4, 0.5) is 10.1 Å². The molecule has 0 aliphatic carbocycles. The van der Waals surface area contributed by atoms with Gasteiger partial charge in [0.1, 0.15) is 4.99 Å². The minimum absolute atomic E-state index is 0.170. The smallest absolute Gasteiger partial charge is 0.161 e. The van der Waals surface area contributed by atoms with Crippen molar-refractivity contribution in [3.63, 3.8) is 0 Å². The maximum absolute atomic E-state index is 13.9. The Bertz CT molecular complexity index is 429. The number of nitrogens with two attached hydrogens (primary N) is 1. The maximum atomic E-state index is 13.9. The van der Waals surface area contributed by atoms with Crippen molar-refractivity contribution in [3.8, 4) is 0 Å². The summed E-state index contributed by atoms with van der Waals surface area (Å²) >= 11 is 7.99. The third-order valence-electron chi connectivity index (χ3n) is 2.33. The topological polar surface area (TPSA) is 47.3 Å². The largest absolute Gasteiger partial charge is 0.389 e. The predicted molar refractivity (Wildman–Crippen MR) is 79.6 cm³/mol. The second kappa shape index (κ2) is 7.66. The highest BCUT2D eigenvalue weighted by molar-refractivity contribution is 9.10. The van der Waals surface area contributed by atoms with Crippen molar-refractivity contribution in [3.05, 3.63) is 28.0 Å². The van der Waals surface area contributed by atoms with Crippen LogP contribution in [-0.4, -0.2) is 24.7 Å². The summed E-state index contributed by atoms with van der Waals surface area (Å²) in [7, 11) is 0. The van der Waals surface area contributed by atoms with Gasteiger partial charge in [0.05, 0.1) is 10.2 Å². The zero-order valence-corrected chi connectivity index (χ0v) is 12.5. The van der Waals surface area contributed by atoms with Crippen molar-refractivity contribution >= 4 is 38.8 Å². The molecule has 3 nitrogen and oxygen atoms in total. The average molecular weight is 335 g/mol. The fraction of sp³-hybridized carbons (Fsp3) is 0.417. The quantitative estimate of drug-likeness (QED) is 0.594. The van der Waals surface area contributed by atoms with Crippen molar-refractivity contribution < 1.29 is 9.13 Å². The minimum Gasteiger partial charge on any atom is -0.389 e. The van der Waals surface area contributed by atoms with Crippen LogP contribution in [0.15, 0.2) is 16.6 Å². The number of rotatable bonds is 7. The number of hydrogen-bond acceptors (Lipinski definition) is 3. The summed E-state index contributed by atoms with van der Waals surface area (Å²) < 4.78 is 19.4. The van der Waals surface area contributed by atoms with Gasteiger partial charge in [-0.3, -0.25) is 0 Å². The van der Waals surface area contributed by atoms with Crippen molar-refractivity contribution in [2.75, 3.05) is 25.1 Å². The third-order valence-corrected chi connectivity index (χ3v) is 3.33. The first-order chi connectivity index (χ1) is 8.57. The first-order valence-electron chi connectivity index (χ1n) is 5.67. The van der Waals surface area contributed by atoms with Crippen LogP contribution < -0.4 is 11.1 Å². The van der Waals surface area contributed by atoms with Gasteiger partial charge in [-0.1, -0.05) is 12.2 Å². The van der Waals surface area contributed by atoms with Gasteiger partial charge in [-0.2, -0.15) is 0 Å². The fourth-order valence-corrected chi connectivity index (χ4v) is 2.28. The zero-order chi connectivity index (χ0) is 13.5. The normalized spacial score (nSPS) is 10.4. The summed E-state index contributed by atoms with van der Waals surface area (Å²) in [5.74, 6) is -0.378. The third kappa shape index (κ3) is 4.19. The highest BCUT2D eigenvalue weighted by Gasteiger charge is 2.12. The standard InChI is InChI=1S/C12H16BrFN2OS/c1-2-17-7-3-6-16-9-5-4-8(12(15)18)10(13)11(9)14/h4-5,16H,2-3,6-7H2,1H3,(H2,15,18). The van der Waals surface area contributed by atoms with Gasteiger partial charge in [-0.15, -0.1) is 0 Å². The molecule has 0 spiro atoms. The Hall–Kier alpha value is -0.720. The number of ether oxygens (including phenoxy) is 1. The Morgan fingerprint density at radius 3 is 2.89 bits per heavy atom. The van der Waals surface area contributed by atoms with Crippen molar-refractivity contribution in [1.29, 1.82) is 0 Å². The molecular formula is C12H16BrFN2OS. The molecule has 0 amide bonds. The van der Waals surface area contributed by atoms with Gasteiger partial charge in [0.15, 0.2) is 5.82 Å². The lowest BCUT2D eigenvalue weighted by atomic mass is 10.2. The lowest BCUT2D eigenvalue weighted by Crippen LogP contribution is -2.12. The minimum atomic E-state index is -0.378. The van der Waals surface area contributed by atoms with Crippen LogP contribution in [0.5, 0.6) is 0 Å². The molecule has 0 saturated carbocycles. The van der Waals surface area contributed by atoms with Crippen molar-refractivity contribution in [2.24, 2.45) is 5.73 Å². The lowest BCUT2D eigenvalue weighted by molar-refractivity contribution is 0.147. The van der Waals surface area contributed by atoms with Gasteiger partial charge in [-0.25, -0.2) is 4.39 Å². The van der Waals surface area contributed by atoms with E-state index in [2.05, 4.69) is 21.2 Å². The molecule has 0 bridgehead atoms. The monoisotopic (exact) mass is 334 g/mol. The van der Waals surface area contributed by atoms with Crippen LogP contribution >= 0.6 is 28.1 Å². The zero-order valence-electron chi connectivity index (χ0n) is 10.1. The van der Waals surface area contributed by atoms with E-state index >= 15 is 0 Å². The van der Waals surface area contributed by atoms with Crippen LogP contribution in [0.25, 0.3) is 0 Å². The predicted octanol–water partition coefficient (Wildman–Crippen LogP) is 3.06. The molecule has 1 rings (SSSR count). The Kier molecular flexibility index (Phi) is 6.52. The first kappa shape index (κ1) is 15.3. The van der Waals surface area contributed by atoms with Crippen LogP contribution in [-0.2, 0) is 4.74 Å². The maximum Gasteiger partial charge on any atom is 0.161 e. The number of nitrogens with one attached hydrogen (secondary N) is 1. The molecule has 3 N–H and O–H groups in total. The molecule has 0 fully saturated rings. The molecule has 0 saturated heterocycles. The number of thiocarbonyl (C=S) groups is 1. The molecule has 100 valence electrons. The van der Waals surface area contributed by atoms with E-state index in [9.17, 15) is 4.39 Å². The lowest BCUT2D eigenvalue weighted by Gasteiger charge is -2.11. The molecule has 0 radical (unpaired) electrons. The van der Waals surface area contributed by atoms with E-state index in [0.29, 0.717) is 35.5 Å². The van der Waals surface area contributed by atoms with Crippen LogP contribution in [0.3, 0.4) is 0 Å². The van der Waals surface area contributed by atoms with Gasteiger partial charge in [0, 0.05) is 25.3 Å².